The quantitative estimate of drug-likeness (QED) is 0.925. The third-order valence-electron chi connectivity index (χ3n) is 4.59. The molecule has 1 aromatic heterocycles. The zero-order chi connectivity index (χ0) is 14.7. The van der Waals surface area contributed by atoms with Crippen molar-refractivity contribution in [1.29, 1.82) is 0 Å². The summed E-state index contributed by atoms with van der Waals surface area (Å²) >= 11 is 0. The van der Waals surface area contributed by atoms with E-state index in [0.717, 1.165) is 44.4 Å². The summed E-state index contributed by atoms with van der Waals surface area (Å²) in [5.74, 6) is 1.11. The lowest BCUT2D eigenvalue weighted by Crippen LogP contribution is -2.48. The van der Waals surface area contributed by atoms with E-state index < -0.39 is 0 Å². The number of hydrogen-bond donors (Lipinski definition) is 1. The maximum atomic E-state index is 12.9. The number of nitrogens with one attached hydrogen (secondary N) is 1. The average molecular weight is 288 g/mol. The second-order valence-electron chi connectivity index (χ2n) is 6.11. The minimum absolute atomic E-state index is 0.0133. The molecule has 1 unspecified atom stereocenters. The van der Waals surface area contributed by atoms with Gasteiger partial charge in [0.1, 0.15) is 11.9 Å². The monoisotopic (exact) mass is 288 g/mol. The summed E-state index contributed by atoms with van der Waals surface area (Å²) in [7, 11) is 0. The van der Waals surface area contributed by atoms with Crippen molar-refractivity contribution in [3.8, 4) is 0 Å². The Balaban J connectivity index is 1.79. The number of carbonyl (C=O) groups is 1. The first-order chi connectivity index (χ1) is 10.2. The van der Waals surface area contributed by atoms with Gasteiger partial charge in [0.2, 0.25) is 5.91 Å². The van der Waals surface area contributed by atoms with Gasteiger partial charge < -0.3 is 9.32 Å². The van der Waals surface area contributed by atoms with Gasteiger partial charge in [-0.15, -0.1) is 0 Å². The zero-order valence-electron chi connectivity index (χ0n) is 12.7. The van der Waals surface area contributed by atoms with E-state index in [2.05, 4.69) is 18.3 Å². The second kappa shape index (κ2) is 6.06. The first kappa shape index (κ1) is 14.4. The summed E-state index contributed by atoms with van der Waals surface area (Å²) in [4.78, 5) is 14.8. The zero-order valence-corrected chi connectivity index (χ0v) is 12.7. The van der Waals surface area contributed by atoms with Crippen LogP contribution in [0.5, 0.6) is 0 Å². The predicted octanol–water partition coefficient (Wildman–Crippen LogP) is 3.16. The first-order valence-corrected chi connectivity index (χ1v) is 8.06. The van der Waals surface area contributed by atoms with E-state index >= 15 is 0 Å². The molecule has 0 bridgehead atoms. The molecule has 1 atom stereocenters. The topological polar surface area (TPSA) is 45.5 Å². The minimum atomic E-state index is -0.314. The molecule has 1 aromatic rings. The number of carbonyl (C=O) groups excluding carboxylic acids is 1. The molecule has 0 radical (unpaired) electrons. The van der Waals surface area contributed by atoms with Crippen LogP contribution >= 0.6 is 0 Å². The Labute approximate surface area is 126 Å². The molecular formula is C17H24N2O2. The molecule has 1 spiro atoms. The molecule has 1 aliphatic heterocycles. The summed E-state index contributed by atoms with van der Waals surface area (Å²) in [5, 5.41) is 3.60. The Morgan fingerprint density at radius 3 is 2.90 bits per heavy atom. The van der Waals surface area contributed by atoms with E-state index in [9.17, 15) is 4.79 Å². The highest BCUT2D eigenvalue weighted by molar-refractivity contribution is 5.89. The van der Waals surface area contributed by atoms with Gasteiger partial charge in [0.05, 0.1) is 11.8 Å². The van der Waals surface area contributed by atoms with Crippen molar-refractivity contribution >= 4 is 12.0 Å². The lowest BCUT2D eigenvalue weighted by atomic mass is 9.81. The molecule has 0 aromatic carbocycles. The van der Waals surface area contributed by atoms with Crippen molar-refractivity contribution in [2.24, 2.45) is 0 Å². The molecule has 1 N–H and O–H groups in total. The molecule has 4 heteroatoms. The SMILES string of the molecule is CCCN1C(=O)C2(CCCCC2)NC1/C=C/c1ccco1. The van der Waals surface area contributed by atoms with Gasteiger partial charge in [-0.3, -0.25) is 10.1 Å². The lowest BCUT2D eigenvalue weighted by Gasteiger charge is -2.31. The van der Waals surface area contributed by atoms with Gasteiger partial charge in [-0.1, -0.05) is 26.2 Å². The number of furan rings is 1. The van der Waals surface area contributed by atoms with Gasteiger partial charge in [-0.25, -0.2) is 0 Å². The molecule has 1 amide bonds. The fourth-order valence-corrected chi connectivity index (χ4v) is 3.54. The Morgan fingerprint density at radius 2 is 2.24 bits per heavy atom. The summed E-state index contributed by atoms with van der Waals surface area (Å²) in [6.07, 6.45) is 12.1. The van der Waals surface area contributed by atoms with Crippen LogP contribution in [-0.2, 0) is 4.79 Å². The molecule has 21 heavy (non-hydrogen) atoms. The van der Waals surface area contributed by atoms with Gasteiger partial charge in [-0.2, -0.15) is 0 Å². The van der Waals surface area contributed by atoms with Crippen molar-refractivity contribution in [2.75, 3.05) is 6.54 Å². The second-order valence-corrected chi connectivity index (χ2v) is 6.11. The number of amides is 1. The van der Waals surface area contributed by atoms with Crippen LogP contribution < -0.4 is 5.32 Å². The van der Waals surface area contributed by atoms with E-state index in [1.54, 1.807) is 6.26 Å². The maximum absolute atomic E-state index is 12.9. The summed E-state index contributed by atoms with van der Waals surface area (Å²) in [6, 6.07) is 3.80. The van der Waals surface area contributed by atoms with Gasteiger partial charge in [0, 0.05) is 6.54 Å². The molecule has 2 heterocycles. The van der Waals surface area contributed by atoms with Crippen LogP contribution in [0.25, 0.3) is 6.08 Å². The normalized spacial score (nSPS) is 25.3. The molecule has 114 valence electrons. The van der Waals surface area contributed by atoms with Crippen LogP contribution in [0.2, 0.25) is 0 Å². The molecule has 1 saturated heterocycles. The average Bonchev–Trinajstić information content (AvgIpc) is 3.10. The van der Waals surface area contributed by atoms with Gasteiger partial charge in [0.15, 0.2) is 0 Å². The van der Waals surface area contributed by atoms with Crippen LogP contribution in [-0.4, -0.2) is 29.1 Å². The fraction of sp³-hybridized carbons (Fsp3) is 0.588. The highest BCUT2D eigenvalue weighted by atomic mass is 16.3. The molecule has 4 nitrogen and oxygen atoms in total. The molecule has 3 rings (SSSR count). The third-order valence-corrected chi connectivity index (χ3v) is 4.59. The standard InChI is InChI=1S/C17H24N2O2/c1-2-12-19-15(9-8-14-7-6-13-21-14)18-17(16(19)20)10-4-3-5-11-17/h6-9,13,15,18H,2-5,10-12H2,1H3/b9-8+. The smallest absolute Gasteiger partial charge is 0.244 e. The van der Waals surface area contributed by atoms with E-state index in [4.69, 9.17) is 4.42 Å². The highest BCUT2D eigenvalue weighted by Gasteiger charge is 2.50. The number of hydrogen-bond acceptors (Lipinski definition) is 3. The highest BCUT2D eigenvalue weighted by Crippen LogP contribution is 2.35. The van der Waals surface area contributed by atoms with Crippen LogP contribution in [0.1, 0.15) is 51.2 Å². The van der Waals surface area contributed by atoms with Crippen molar-refractivity contribution < 1.29 is 9.21 Å². The van der Waals surface area contributed by atoms with E-state index in [1.807, 2.05) is 23.1 Å². The third kappa shape index (κ3) is 2.77. The molecule has 1 saturated carbocycles. The summed E-state index contributed by atoms with van der Waals surface area (Å²) < 4.78 is 5.33. The van der Waals surface area contributed by atoms with Gasteiger partial charge in [0.25, 0.3) is 0 Å². The lowest BCUT2D eigenvalue weighted by molar-refractivity contribution is -0.133. The van der Waals surface area contributed by atoms with Crippen LogP contribution in [0.3, 0.4) is 0 Å². The Kier molecular flexibility index (Phi) is 4.15. The largest absolute Gasteiger partial charge is 0.465 e. The van der Waals surface area contributed by atoms with Crippen LogP contribution in [0.4, 0.5) is 0 Å². The maximum Gasteiger partial charge on any atom is 0.244 e. The Hall–Kier alpha value is -1.55. The van der Waals surface area contributed by atoms with Crippen molar-refractivity contribution in [1.82, 2.24) is 10.2 Å². The van der Waals surface area contributed by atoms with Crippen molar-refractivity contribution in [2.45, 2.75) is 57.2 Å². The first-order valence-electron chi connectivity index (χ1n) is 8.06. The fourth-order valence-electron chi connectivity index (χ4n) is 3.54. The summed E-state index contributed by atoms with van der Waals surface area (Å²) in [6.45, 7) is 2.92. The van der Waals surface area contributed by atoms with Gasteiger partial charge in [-0.05, 0) is 43.5 Å². The Bertz CT molecular complexity index is 501. The van der Waals surface area contributed by atoms with E-state index in [-0.39, 0.29) is 17.6 Å². The molecule has 1 aliphatic carbocycles. The minimum Gasteiger partial charge on any atom is -0.465 e. The predicted molar refractivity (Wildman–Crippen MR) is 82.5 cm³/mol. The number of nitrogens with zero attached hydrogens (tertiary/aromatic N) is 1. The number of rotatable bonds is 4. The summed E-state index contributed by atoms with van der Waals surface area (Å²) in [5.41, 5.74) is -0.314. The molecule has 2 aliphatic rings. The molecular weight excluding hydrogens is 264 g/mol. The van der Waals surface area contributed by atoms with Crippen molar-refractivity contribution in [3.63, 3.8) is 0 Å². The van der Waals surface area contributed by atoms with Crippen LogP contribution in [0.15, 0.2) is 28.9 Å². The molecule has 2 fully saturated rings. The van der Waals surface area contributed by atoms with E-state index in [0.29, 0.717) is 0 Å². The van der Waals surface area contributed by atoms with Crippen LogP contribution in [0, 0.1) is 0 Å². The Morgan fingerprint density at radius 1 is 1.43 bits per heavy atom. The van der Waals surface area contributed by atoms with Gasteiger partial charge >= 0.3 is 0 Å². The van der Waals surface area contributed by atoms with E-state index in [1.165, 1.54) is 6.42 Å². The van der Waals surface area contributed by atoms with Crippen molar-refractivity contribution in [3.05, 3.63) is 30.2 Å².